The Kier molecular flexibility index (Phi) is 9.34. The van der Waals surface area contributed by atoms with Gasteiger partial charge in [-0.1, -0.05) is 0 Å². The SMILES string of the molecule is COc1ccc2[nH]cc(CCN(C[C@@]3(OC)O[C@H](COC(C)=O)[C@@H](OC(C)=O)[C@@H]3OC(C)=O)C(C)=O)c2c1. The van der Waals surface area contributed by atoms with Crippen LogP contribution >= 0.6 is 0 Å². The van der Waals surface area contributed by atoms with E-state index in [2.05, 4.69) is 4.98 Å². The van der Waals surface area contributed by atoms with E-state index in [0.29, 0.717) is 12.2 Å². The zero-order valence-corrected chi connectivity index (χ0v) is 22.4. The normalized spacial score (nSPS) is 22.6. The number of aromatic amines is 1. The highest BCUT2D eigenvalue weighted by Gasteiger charge is 2.61. The topological polar surface area (TPSA) is 143 Å². The summed E-state index contributed by atoms with van der Waals surface area (Å²) < 4.78 is 33.2. The Morgan fingerprint density at radius 1 is 1.03 bits per heavy atom. The van der Waals surface area contributed by atoms with Crippen molar-refractivity contribution in [3.63, 3.8) is 0 Å². The van der Waals surface area contributed by atoms with Gasteiger partial charge in [-0.2, -0.15) is 0 Å². The number of nitrogens with one attached hydrogen (secondary N) is 1. The van der Waals surface area contributed by atoms with Gasteiger partial charge in [-0.25, -0.2) is 0 Å². The van der Waals surface area contributed by atoms with Crippen molar-refractivity contribution in [1.82, 2.24) is 9.88 Å². The van der Waals surface area contributed by atoms with Gasteiger partial charge in [0.1, 0.15) is 18.5 Å². The summed E-state index contributed by atoms with van der Waals surface area (Å²) in [5, 5.41) is 0.959. The Bertz CT molecular complexity index is 1180. The van der Waals surface area contributed by atoms with Crippen LogP contribution in [0.2, 0.25) is 0 Å². The van der Waals surface area contributed by atoms with E-state index in [9.17, 15) is 19.2 Å². The van der Waals surface area contributed by atoms with Crippen LogP contribution in [-0.2, 0) is 49.3 Å². The maximum Gasteiger partial charge on any atom is 0.303 e. The van der Waals surface area contributed by atoms with Crippen LogP contribution in [0.1, 0.15) is 33.3 Å². The molecule has 2 heterocycles. The van der Waals surface area contributed by atoms with E-state index < -0.39 is 42.0 Å². The largest absolute Gasteiger partial charge is 0.497 e. The molecule has 0 aliphatic carbocycles. The number of rotatable bonds is 11. The van der Waals surface area contributed by atoms with Crippen LogP contribution in [0.3, 0.4) is 0 Å². The number of nitrogens with zero attached hydrogens (tertiary/aromatic N) is 1. The summed E-state index contributed by atoms with van der Waals surface area (Å²) in [6.07, 6.45) is -1.05. The average molecular weight is 535 g/mol. The van der Waals surface area contributed by atoms with Crippen LogP contribution in [0.5, 0.6) is 5.75 Å². The molecule has 0 saturated carbocycles. The quantitative estimate of drug-likeness (QED) is 0.334. The highest BCUT2D eigenvalue weighted by molar-refractivity contribution is 5.84. The minimum absolute atomic E-state index is 0.156. The second kappa shape index (κ2) is 12.3. The lowest BCUT2D eigenvalue weighted by atomic mass is 10.0. The molecule has 4 atom stereocenters. The summed E-state index contributed by atoms with van der Waals surface area (Å²) in [6.45, 7) is 4.84. The van der Waals surface area contributed by atoms with Gasteiger partial charge in [-0.05, 0) is 30.2 Å². The molecule has 1 saturated heterocycles. The van der Waals surface area contributed by atoms with E-state index in [-0.39, 0.29) is 25.6 Å². The lowest BCUT2D eigenvalue weighted by Gasteiger charge is -2.37. The molecule has 12 nitrogen and oxygen atoms in total. The maximum absolute atomic E-state index is 12.7. The summed E-state index contributed by atoms with van der Waals surface area (Å²) in [5.74, 6) is -3.18. The Balaban J connectivity index is 1.89. The number of hydrogen-bond donors (Lipinski definition) is 1. The van der Waals surface area contributed by atoms with Crippen LogP contribution in [-0.4, -0.2) is 91.7 Å². The second-order valence-electron chi connectivity index (χ2n) is 8.99. The second-order valence-corrected chi connectivity index (χ2v) is 8.99. The number of carbonyl (C=O) groups is 4. The Hall–Kier alpha value is -3.64. The molecule has 0 bridgehead atoms. The first kappa shape index (κ1) is 28.9. The molecule has 1 aliphatic heterocycles. The molecule has 0 unspecified atom stereocenters. The van der Waals surface area contributed by atoms with E-state index >= 15 is 0 Å². The number of aromatic nitrogens is 1. The number of H-pyrrole nitrogens is 1. The maximum atomic E-state index is 12.7. The summed E-state index contributed by atoms with van der Waals surface area (Å²) in [5.41, 5.74) is 1.89. The summed E-state index contributed by atoms with van der Waals surface area (Å²) >= 11 is 0. The fourth-order valence-corrected chi connectivity index (χ4v) is 4.55. The molecule has 1 N–H and O–H groups in total. The van der Waals surface area contributed by atoms with Gasteiger partial charge in [-0.3, -0.25) is 19.2 Å². The number of esters is 3. The van der Waals surface area contributed by atoms with E-state index in [1.54, 1.807) is 7.11 Å². The van der Waals surface area contributed by atoms with Crippen LogP contribution < -0.4 is 4.74 Å². The standard InChI is InChI=1S/C26H34N2O10/c1-15(29)28(10-9-19-12-27-22-8-7-20(33-5)11-21(19)22)14-26(34-6)25(37-18(4)32)24(36-17(3)31)23(38-26)13-35-16(2)30/h7-8,11-12,23-25,27H,9-10,13-14H2,1-6H3/t23-,24-,25+,26-/m1/s1. The lowest BCUT2D eigenvalue weighted by molar-refractivity contribution is -0.259. The van der Waals surface area contributed by atoms with Crippen molar-refractivity contribution in [2.45, 2.75) is 58.2 Å². The number of methoxy groups -OCH3 is 2. The molecular formula is C26H34N2O10. The van der Waals surface area contributed by atoms with Crippen molar-refractivity contribution >= 4 is 34.7 Å². The summed E-state index contributed by atoms with van der Waals surface area (Å²) in [6, 6.07) is 5.68. The predicted molar refractivity (Wildman–Crippen MR) is 133 cm³/mol. The molecule has 1 aliphatic rings. The molecule has 208 valence electrons. The van der Waals surface area contributed by atoms with Crippen LogP contribution in [0.4, 0.5) is 0 Å². The smallest absolute Gasteiger partial charge is 0.303 e. The third-order valence-electron chi connectivity index (χ3n) is 6.32. The van der Waals surface area contributed by atoms with Crippen LogP contribution in [0.15, 0.2) is 24.4 Å². The van der Waals surface area contributed by atoms with Gasteiger partial charge in [0.25, 0.3) is 0 Å². The Morgan fingerprint density at radius 3 is 2.32 bits per heavy atom. The molecule has 1 aromatic carbocycles. The third kappa shape index (κ3) is 6.62. The highest BCUT2D eigenvalue weighted by Crippen LogP contribution is 2.38. The first-order valence-electron chi connectivity index (χ1n) is 12.1. The number of ether oxygens (including phenoxy) is 6. The lowest BCUT2D eigenvalue weighted by Crippen LogP contribution is -2.56. The highest BCUT2D eigenvalue weighted by atomic mass is 16.8. The fourth-order valence-electron chi connectivity index (χ4n) is 4.55. The van der Waals surface area contributed by atoms with Crippen molar-refractivity contribution in [2.24, 2.45) is 0 Å². The molecule has 2 aromatic rings. The van der Waals surface area contributed by atoms with E-state index in [0.717, 1.165) is 16.5 Å². The third-order valence-corrected chi connectivity index (χ3v) is 6.32. The number of amides is 1. The Labute approximate surface area is 220 Å². The predicted octanol–water partition coefficient (Wildman–Crippen LogP) is 1.74. The van der Waals surface area contributed by atoms with E-state index in [1.807, 2.05) is 24.4 Å². The van der Waals surface area contributed by atoms with Gasteiger partial charge in [0.05, 0.1) is 13.7 Å². The van der Waals surface area contributed by atoms with Gasteiger partial charge < -0.3 is 38.3 Å². The molecular weight excluding hydrogens is 500 g/mol. The molecule has 1 fully saturated rings. The number of fused-ring (bicyclic) bond motifs is 1. The van der Waals surface area contributed by atoms with Crippen molar-refractivity contribution in [3.8, 4) is 5.75 Å². The van der Waals surface area contributed by atoms with Gasteiger partial charge in [0.15, 0.2) is 12.2 Å². The minimum atomic E-state index is -1.70. The van der Waals surface area contributed by atoms with Crippen LogP contribution in [0, 0.1) is 0 Å². The number of carbonyl (C=O) groups excluding carboxylic acids is 4. The molecule has 1 aromatic heterocycles. The van der Waals surface area contributed by atoms with Crippen molar-refractivity contribution in [3.05, 3.63) is 30.0 Å². The number of benzene rings is 1. The van der Waals surface area contributed by atoms with E-state index in [1.165, 1.54) is 39.7 Å². The molecule has 1 amide bonds. The first-order valence-corrected chi connectivity index (χ1v) is 12.1. The first-order chi connectivity index (χ1) is 18.0. The fraction of sp³-hybridized carbons (Fsp3) is 0.538. The summed E-state index contributed by atoms with van der Waals surface area (Å²) in [7, 11) is 2.92. The van der Waals surface area contributed by atoms with Gasteiger partial charge >= 0.3 is 17.9 Å². The van der Waals surface area contributed by atoms with Crippen molar-refractivity contribution < 1.29 is 47.6 Å². The molecule has 38 heavy (non-hydrogen) atoms. The van der Waals surface area contributed by atoms with E-state index in [4.69, 9.17) is 28.4 Å². The molecule has 12 heteroatoms. The molecule has 0 spiro atoms. The van der Waals surface area contributed by atoms with Gasteiger partial charge in [0, 0.05) is 58.4 Å². The summed E-state index contributed by atoms with van der Waals surface area (Å²) in [4.78, 5) is 52.8. The molecule has 3 rings (SSSR count). The van der Waals surface area contributed by atoms with Gasteiger partial charge in [-0.15, -0.1) is 0 Å². The zero-order chi connectivity index (χ0) is 28.0. The zero-order valence-electron chi connectivity index (χ0n) is 22.4. The van der Waals surface area contributed by atoms with Gasteiger partial charge in [0.2, 0.25) is 11.7 Å². The molecule has 0 radical (unpaired) electrons. The van der Waals surface area contributed by atoms with Crippen LogP contribution in [0.25, 0.3) is 10.9 Å². The minimum Gasteiger partial charge on any atom is -0.497 e. The Morgan fingerprint density at radius 2 is 1.74 bits per heavy atom. The average Bonchev–Trinajstić information content (AvgIpc) is 3.38. The van der Waals surface area contributed by atoms with Crippen molar-refractivity contribution in [1.29, 1.82) is 0 Å². The number of hydrogen-bond acceptors (Lipinski definition) is 10. The monoisotopic (exact) mass is 534 g/mol. The van der Waals surface area contributed by atoms with Crippen molar-refractivity contribution in [2.75, 3.05) is 33.9 Å².